The average molecular weight is 1450 g/mol. The second-order valence-corrected chi connectivity index (χ2v) is 26.4. The Hall–Kier alpha value is -13.2. The summed E-state index contributed by atoms with van der Waals surface area (Å²) in [6.45, 7) is 0. The van der Waals surface area contributed by atoms with Crippen molar-refractivity contribution < 1.29 is 57.3 Å². The van der Waals surface area contributed by atoms with Crippen molar-refractivity contribution in [3.63, 3.8) is 0 Å². The van der Waals surface area contributed by atoms with Gasteiger partial charge >= 0.3 is 16.5 Å². The van der Waals surface area contributed by atoms with Crippen molar-refractivity contribution in [2.24, 2.45) is 0 Å². The summed E-state index contributed by atoms with van der Waals surface area (Å²) in [5, 5.41) is 98.7. The van der Waals surface area contributed by atoms with E-state index in [0.717, 1.165) is 65.4 Å². The predicted molar refractivity (Wildman–Crippen MR) is 414 cm³/mol. The van der Waals surface area contributed by atoms with Crippen LogP contribution in [0.1, 0.15) is 89.0 Å². The summed E-state index contributed by atoms with van der Waals surface area (Å²) < 4.78 is 0. The van der Waals surface area contributed by atoms with E-state index < -0.39 is 0 Å². The molecule has 2 aliphatic rings. The molecule has 6 N–H and O–H groups in total. The van der Waals surface area contributed by atoms with Crippen LogP contribution in [-0.2, 0) is 67.9 Å². The molecule has 17 aromatic rings. The number of benzene rings is 11. The van der Waals surface area contributed by atoms with Gasteiger partial charge in [0.25, 0.3) is 0 Å². The topological polar surface area (TPSA) is 245 Å². The molecule has 6 aromatic heterocycles. The number of hydrogen-bond acceptors (Lipinski definition) is 14. The molecule has 0 aliphatic heterocycles. The Bertz CT molecular complexity index is 4950. The van der Waals surface area contributed by atoms with Crippen molar-refractivity contribution >= 4 is 65.4 Å². The maximum Gasteiger partial charge on any atom is 2.00 e. The zero-order valence-electron chi connectivity index (χ0n) is 57.9. The minimum Gasteiger partial charge on any atom is -0.872 e. The Morgan fingerprint density at radius 3 is 0.458 bits per heavy atom. The zero-order chi connectivity index (χ0) is 72.6. The minimum atomic E-state index is -0.0722. The molecule has 0 saturated heterocycles. The number of para-hydroxylation sites is 8. The van der Waals surface area contributed by atoms with E-state index in [0.29, 0.717) is 140 Å². The first-order valence-corrected chi connectivity index (χ1v) is 35.0. The van der Waals surface area contributed by atoms with E-state index in [4.69, 9.17) is 0 Å². The molecule has 0 amide bonds. The molecule has 0 fully saturated rings. The van der Waals surface area contributed by atoms with E-state index in [1.165, 1.54) is 0 Å². The van der Waals surface area contributed by atoms with Gasteiger partial charge in [0, 0.05) is 121 Å². The number of phenolic OH excluding ortho intramolecular Hbond substituents is 6. The van der Waals surface area contributed by atoms with Crippen LogP contribution in [-0.4, -0.2) is 60.5 Å². The van der Waals surface area contributed by atoms with Gasteiger partial charge in [0.2, 0.25) is 0 Å². The second-order valence-electron chi connectivity index (χ2n) is 26.4. The van der Waals surface area contributed by atoms with Gasteiger partial charge in [0.15, 0.2) is 0 Å². The van der Waals surface area contributed by atoms with Crippen LogP contribution in [0, 0.1) is 0 Å². The number of nitrogens with zero attached hydrogens (tertiary/aromatic N) is 6. The predicted octanol–water partition coefficient (Wildman–Crippen LogP) is 17.5. The van der Waals surface area contributed by atoms with Gasteiger partial charge in [-0.2, -0.15) is 0 Å². The van der Waals surface area contributed by atoms with Crippen LogP contribution >= 0.6 is 0 Å². The first-order chi connectivity index (χ1) is 51.9. The third kappa shape index (κ3) is 15.3. The Labute approximate surface area is 627 Å². The molecule has 0 spiro atoms. The van der Waals surface area contributed by atoms with Crippen molar-refractivity contribution in [2.75, 3.05) is 0 Å². The molecule has 15 heteroatoms. The number of rotatable bonds is 0. The van der Waals surface area contributed by atoms with Gasteiger partial charge in [-0.3, -0.25) is 29.9 Å². The number of hydrogen-bond donors (Lipinski definition) is 6. The van der Waals surface area contributed by atoms with Crippen molar-refractivity contribution in [1.82, 2.24) is 29.9 Å². The van der Waals surface area contributed by atoms with Crippen molar-refractivity contribution in [3.8, 4) is 46.0 Å². The summed E-state index contributed by atoms with van der Waals surface area (Å²) in [6, 6.07) is 80.4. The van der Waals surface area contributed by atoms with E-state index in [9.17, 15) is 40.9 Å². The third-order valence-corrected chi connectivity index (χ3v) is 19.7. The fraction of sp³-hybridized carbons (Fsp3) is 0.0870. The summed E-state index contributed by atoms with van der Waals surface area (Å²) in [5.41, 5.74) is 16.5. The van der Waals surface area contributed by atoms with Crippen molar-refractivity contribution in [3.05, 3.63) is 381 Å². The molecular formula is C92H70N6NiO8. The summed E-state index contributed by atoms with van der Waals surface area (Å²) in [5.74, 6) is 0.792. The van der Waals surface area contributed by atoms with Crippen LogP contribution in [0.4, 0.5) is 0 Å². The molecule has 2 aliphatic carbocycles. The summed E-state index contributed by atoms with van der Waals surface area (Å²) in [7, 11) is 0. The Morgan fingerprint density at radius 1 is 0.178 bits per heavy atom. The number of fused-ring (bicyclic) bond motifs is 25. The van der Waals surface area contributed by atoms with Gasteiger partial charge < -0.3 is 40.9 Å². The largest absolute Gasteiger partial charge is 2.00 e. The summed E-state index contributed by atoms with van der Waals surface area (Å²) >= 11 is 0. The number of aromatic nitrogens is 6. The van der Waals surface area contributed by atoms with Crippen LogP contribution in [0.25, 0.3) is 65.4 Å². The standard InChI is InChI=1S/2C28H24O4.3C12H8N2.Ni/c2*29-25-17-5-1-6-18(25)14-20-8-3-10-22(27(20)31)16-24-12-4-11-23(28(24)32)15-21-9-2-7-19(13-17)26(21)30;3*1-3-9-5-6-10-4-2-8-14-12(10)11(9)13-7-1;/h2*1-12,29-32H,13-16H2;3*1-8H;/q;;;;;+2/p-2. The van der Waals surface area contributed by atoms with Gasteiger partial charge in [-0.1, -0.05) is 241 Å². The van der Waals surface area contributed by atoms with E-state index in [-0.39, 0.29) is 62.5 Å². The molecule has 0 saturated carbocycles. The smallest absolute Gasteiger partial charge is 0.872 e. The Morgan fingerprint density at radius 2 is 0.308 bits per heavy atom. The van der Waals surface area contributed by atoms with E-state index in [1.807, 2.05) is 158 Å². The van der Waals surface area contributed by atoms with Gasteiger partial charge in [0.1, 0.15) is 34.5 Å². The molecule has 6 heterocycles. The van der Waals surface area contributed by atoms with E-state index >= 15 is 0 Å². The normalized spacial score (nSPS) is 12.0. The van der Waals surface area contributed by atoms with Crippen LogP contribution in [0.5, 0.6) is 46.0 Å². The molecular weight excluding hydrogens is 1380 g/mol. The fourth-order valence-electron chi connectivity index (χ4n) is 14.1. The monoisotopic (exact) mass is 1440 g/mol. The molecule has 19 rings (SSSR count). The molecule has 0 radical (unpaired) electrons. The van der Waals surface area contributed by atoms with Gasteiger partial charge in [-0.05, 0) is 103 Å². The zero-order valence-corrected chi connectivity index (χ0v) is 58.9. The molecule has 16 bridgehead atoms. The van der Waals surface area contributed by atoms with Gasteiger partial charge in [-0.15, -0.1) is 11.5 Å². The fourth-order valence-corrected chi connectivity index (χ4v) is 14.1. The van der Waals surface area contributed by atoms with Gasteiger partial charge in [0.05, 0.1) is 33.1 Å². The Kier molecular flexibility index (Phi) is 21.0. The molecule has 526 valence electrons. The second kappa shape index (κ2) is 31.8. The van der Waals surface area contributed by atoms with Crippen LogP contribution in [0.3, 0.4) is 0 Å². The number of pyridine rings is 6. The first-order valence-electron chi connectivity index (χ1n) is 35.0. The summed E-state index contributed by atoms with van der Waals surface area (Å²) in [6.07, 6.45) is 13.5. The van der Waals surface area contributed by atoms with Crippen molar-refractivity contribution in [1.29, 1.82) is 0 Å². The SMILES string of the molecule is [Ni+2].[O-]c1c2cccc1Cc1cccc(c1O)Cc1cccc(c1O)Cc1cccc(c1O)C2.[O-]c1c2cccc1Cc1cccc(c1O)Cc1cccc(c1O)Cc1cccc(c1O)C2.c1cnc2c(c1)ccc1cccnc12.c1cnc2c(c1)ccc1cccnc12.c1cnc2c(c1)ccc1cccnc12. The number of phenols is 6. The first kappa shape index (κ1) is 70.8. The summed E-state index contributed by atoms with van der Waals surface area (Å²) in [4.78, 5) is 26.1. The third-order valence-electron chi connectivity index (χ3n) is 19.7. The van der Waals surface area contributed by atoms with E-state index in [1.54, 1.807) is 61.4 Å². The molecule has 0 unspecified atom stereocenters. The van der Waals surface area contributed by atoms with Gasteiger partial charge in [-0.25, -0.2) is 0 Å². The quantitative estimate of drug-likeness (QED) is 0.0611. The minimum absolute atomic E-state index is 0. The molecule has 11 aromatic carbocycles. The van der Waals surface area contributed by atoms with Crippen LogP contribution in [0.2, 0.25) is 0 Å². The molecule has 107 heavy (non-hydrogen) atoms. The Balaban J connectivity index is 0.000000118. The van der Waals surface area contributed by atoms with Crippen LogP contribution in [0.15, 0.2) is 292 Å². The number of aromatic hydroxyl groups is 6. The maximum absolute atomic E-state index is 13.2. The maximum atomic E-state index is 13.2. The average Bonchev–Trinajstić information content (AvgIpc) is 0.814. The molecule has 0 atom stereocenters. The van der Waals surface area contributed by atoms with Crippen LogP contribution < -0.4 is 10.2 Å². The van der Waals surface area contributed by atoms with Crippen molar-refractivity contribution in [2.45, 2.75) is 51.4 Å². The molecule has 14 nitrogen and oxygen atoms in total. The van der Waals surface area contributed by atoms with E-state index in [2.05, 4.69) is 103 Å².